The first kappa shape index (κ1) is 14.9. The van der Waals surface area contributed by atoms with E-state index in [1.807, 2.05) is 42.7 Å². The molecule has 3 aromatic rings. The van der Waals surface area contributed by atoms with Crippen molar-refractivity contribution in [3.63, 3.8) is 0 Å². The Balaban J connectivity index is 1.67. The molecular formula is C15H17N7O. The van der Waals surface area contributed by atoms with Gasteiger partial charge in [-0.1, -0.05) is 0 Å². The van der Waals surface area contributed by atoms with Gasteiger partial charge in [-0.2, -0.15) is 4.80 Å². The fourth-order valence-electron chi connectivity index (χ4n) is 2.18. The highest BCUT2D eigenvalue weighted by Gasteiger charge is 2.08. The maximum atomic E-state index is 11.9. The van der Waals surface area contributed by atoms with Gasteiger partial charge in [-0.3, -0.25) is 4.79 Å². The van der Waals surface area contributed by atoms with E-state index in [2.05, 4.69) is 25.7 Å². The van der Waals surface area contributed by atoms with Crippen LogP contribution in [0.3, 0.4) is 0 Å². The Morgan fingerprint density at radius 1 is 1.17 bits per heavy atom. The fraction of sp³-hybridized carbons (Fsp3) is 0.267. The average molecular weight is 311 g/mol. The second-order valence-electron chi connectivity index (χ2n) is 5.25. The van der Waals surface area contributed by atoms with E-state index >= 15 is 0 Å². The third-order valence-corrected chi connectivity index (χ3v) is 3.52. The normalized spacial score (nSPS) is 10.7. The maximum absolute atomic E-state index is 11.9. The van der Waals surface area contributed by atoms with E-state index in [9.17, 15) is 4.79 Å². The van der Waals surface area contributed by atoms with Crippen LogP contribution < -0.4 is 5.32 Å². The van der Waals surface area contributed by atoms with E-state index in [1.54, 1.807) is 13.3 Å². The summed E-state index contributed by atoms with van der Waals surface area (Å²) < 4.78 is 2.00. The van der Waals surface area contributed by atoms with Crippen molar-refractivity contribution in [3.05, 3.63) is 47.8 Å². The number of amides is 1. The van der Waals surface area contributed by atoms with Crippen LogP contribution in [-0.4, -0.2) is 35.7 Å². The number of benzene rings is 1. The predicted octanol–water partition coefficient (Wildman–Crippen LogP) is 1.42. The van der Waals surface area contributed by atoms with Crippen LogP contribution in [0.25, 0.3) is 5.69 Å². The molecule has 0 saturated heterocycles. The Labute approximate surface area is 133 Å². The Morgan fingerprint density at radius 3 is 2.48 bits per heavy atom. The first-order chi connectivity index (χ1) is 11.0. The third-order valence-electron chi connectivity index (χ3n) is 3.52. The average Bonchev–Trinajstić information content (AvgIpc) is 3.07. The molecule has 0 unspecified atom stereocenters. The number of tetrazole rings is 1. The van der Waals surface area contributed by atoms with Crippen molar-refractivity contribution in [1.29, 1.82) is 0 Å². The molecule has 1 amide bonds. The molecule has 2 heterocycles. The first-order valence-electron chi connectivity index (χ1n) is 7.18. The number of hydrogen-bond acceptors (Lipinski definition) is 5. The second-order valence-corrected chi connectivity index (χ2v) is 5.25. The highest BCUT2D eigenvalue weighted by Crippen LogP contribution is 2.16. The summed E-state index contributed by atoms with van der Waals surface area (Å²) in [6.45, 7) is 5.74. The molecule has 0 atom stereocenters. The number of aromatic nitrogens is 6. The van der Waals surface area contributed by atoms with Crippen molar-refractivity contribution in [2.45, 2.75) is 27.3 Å². The number of carbonyl (C=O) groups excluding carboxylic acids is 1. The van der Waals surface area contributed by atoms with Gasteiger partial charge in [0.05, 0.1) is 12.0 Å². The van der Waals surface area contributed by atoms with Crippen LogP contribution in [0.4, 0.5) is 5.69 Å². The zero-order valence-electron chi connectivity index (χ0n) is 13.2. The summed E-state index contributed by atoms with van der Waals surface area (Å²) in [7, 11) is 0. The number of nitrogens with one attached hydrogen (secondary N) is 1. The number of anilines is 1. The van der Waals surface area contributed by atoms with E-state index in [0.29, 0.717) is 11.5 Å². The van der Waals surface area contributed by atoms with Crippen LogP contribution in [0.5, 0.6) is 0 Å². The van der Waals surface area contributed by atoms with Crippen molar-refractivity contribution >= 4 is 11.6 Å². The standard InChI is InChI=1S/C15H17N7O/c1-10-11(2)21(9-16-10)14-6-4-13(5-7-14)17-15(23)8-22-19-12(3)18-20-22/h4-7,9H,8H2,1-3H3,(H,17,23). The van der Waals surface area contributed by atoms with Gasteiger partial charge in [-0.25, -0.2) is 4.98 Å². The third kappa shape index (κ3) is 3.25. The lowest BCUT2D eigenvalue weighted by atomic mass is 10.2. The molecule has 0 aliphatic rings. The van der Waals surface area contributed by atoms with E-state index < -0.39 is 0 Å². The van der Waals surface area contributed by atoms with Gasteiger partial charge in [0.2, 0.25) is 5.91 Å². The molecule has 0 fully saturated rings. The van der Waals surface area contributed by atoms with E-state index in [1.165, 1.54) is 4.80 Å². The summed E-state index contributed by atoms with van der Waals surface area (Å²) in [4.78, 5) is 17.5. The van der Waals surface area contributed by atoms with Crippen LogP contribution in [0.2, 0.25) is 0 Å². The smallest absolute Gasteiger partial charge is 0.248 e. The molecule has 23 heavy (non-hydrogen) atoms. The zero-order valence-corrected chi connectivity index (χ0v) is 13.2. The van der Waals surface area contributed by atoms with Gasteiger partial charge >= 0.3 is 0 Å². The molecule has 0 spiro atoms. The molecule has 8 nitrogen and oxygen atoms in total. The van der Waals surface area contributed by atoms with Crippen LogP contribution in [0, 0.1) is 20.8 Å². The highest BCUT2D eigenvalue weighted by atomic mass is 16.2. The van der Waals surface area contributed by atoms with Crippen molar-refractivity contribution in [2.75, 3.05) is 5.32 Å². The van der Waals surface area contributed by atoms with Crippen molar-refractivity contribution in [3.8, 4) is 5.69 Å². The van der Waals surface area contributed by atoms with Gasteiger partial charge in [-0.15, -0.1) is 10.2 Å². The zero-order chi connectivity index (χ0) is 16.4. The van der Waals surface area contributed by atoms with Crippen LogP contribution in [0.1, 0.15) is 17.2 Å². The second kappa shape index (κ2) is 5.99. The van der Waals surface area contributed by atoms with Gasteiger partial charge in [0.25, 0.3) is 0 Å². The summed E-state index contributed by atoms with van der Waals surface area (Å²) >= 11 is 0. The van der Waals surface area contributed by atoms with Crippen LogP contribution in [0.15, 0.2) is 30.6 Å². The number of carbonyl (C=O) groups is 1. The molecule has 0 saturated carbocycles. The number of rotatable bonds is 4. The first-order valence-corrected chi connectivity index (χ1v) is 7.18. The van der Waals surface area contributed by atoms with Crippen LogP contribution >= 0.6 is 0 Å². The number of imidazole rings is 1. The topological polar surface area (TPSA) is 90.5 Å². The van der Waals surface area contributed by atoms with Gasteiger partial charge in [0, 0.05) is 17.1 Å². The fourth-order valence-corrected chi connectivity index (χ4v) is 2.18. The van der Waals surface area contributed by atoms with Gasteiger partial charge < -0.3 is 9.88 Å². The quantitative estimate of drug-likeness (QED) is 0.787. The molecule has 3 rings (SSSR count). The van der Waals surface area contributed by atoms with Crippen molar-refractivity contribution in [1.82, 2.24) is 29.8 Å². The Kier molecular flexibility index (Phi) is 3.88. The maximum Gasteiger partial charge on any atom is 0.248 e. The van der Waals surface area contributed by atoms with Crippen molar-refractivity contribution < 1.29 is 4.79 Å². The Bertz CT molecular complexity index is 832. The lowest BCUT2D eigenvalue weighted by Crippen LogP contribution is -2.20. The summed E-state index contributed by atoms with van der Waals surface area (Å²) in [6.07, 6.45) is 1.79. The van der Waals surface area contributed by atoms with Gasteiger partial charge in [-0.05, 0) is 50.3 Å². The Morgan fingerprint density at radius 2 is 1.91 bits per heavy atom. The molecule has 118 valence electrons. The highest BCUT2D eigenvalue weighted by molar-refractivity contribution is 5.90. The molecule has 0 aliphatic carbocycles. The van der Waals surface area contributed by atoms with Crippen molar-refractivity contribution in [2.24, 2.45) is 0 Å². The number of aryl methyl sites for hydroxylation is 2. The molecule has 0 aliphatic heterocycles. The predicted molar refractivity (Wildman–Crippen MR) is 84.2 cm³/mol. The Hall–Kier alpha value is -3.03. The number of hydrogen-bond donors (Lipinski definition) is 1. The molecular weight excluding hydrogens is 294 g/mol. The van der Waals surface area contributed by atoms with E-state index in [-0.39, 0.29) is 12.5 Å². The van der Waals surface area contributed by atoms with Gasteiger partial charge in [0.1, 0.15) is 6.54 Å². The lowest BCUT2D eigenvalue weighted by molar-refractivity contribution is -0.117. The van der Waals surface area contributed by atoms with Gasteiger partial charge in [0.15, 0.2) is 5.82 Å². The summed E-state index contributed by atoms with van der Waals surface area (Å²) in [5.41, 5.74) is 3.80. The minimum atomic E-state index is -0.204. The molecule has 0 radical (unpaired) electrons. The van der Waals surface area contributed by atoms with E-state index in [4.69, 9.17) is 0 Å². The number of nitrogens with zero attached hydrogens (tertiary/aromatic N) is 6. The monoisotopic (exact) mass is 311 g/mol. The lowest BCUT2D eigenvalue weighted by Gasteiger charge is -2.08. The summed E-state index contributed by atoms with van der Waals surface area (Å²) in [6, 6.07) is 7.56. The molecule has 1 N–H and O–H groups in total. The molecule has 8 heteroatoms. The molecule has 0 bridgehead atoms. The summed E-state index contributed by atoms with van der Waals surface area (Å²) in [5.74, 6) is 0.331. The summed E-state index contributed by atoms with van der Waals surface area (Å²) in [5, 5.41) is 14.3. The van der Waals surface area contributed by atoms with E-state index in [0.717, 1.165) is 17.1 Å². The minimum absolute atomic E-state index is 0.0302. The largest absolute Gasteiger partial charge is 0.324 e. The van der Waals surface area contributed by atoms with Crippen LogP contribution in [-0.2, 0) is 11.3 Å². The minimum Gasteiger partial charge on any atom is -0.324 e. The molecule has 2 aromatic heterocycles. The SMILES string of the molecule is Cc1nnn(CC(=O)Nc2ccc(-n3cnc(C)c3C)cc2)n1. The molecule has 1 aromatic carbocycles.